The SMILES string of the molecule is CCc1nc2c(F)cccc2n1-c1nc(N)nc(Nc2ccc(OC(F)F)c(F)c2)n1.CCc1nc2c(F)cccc2n1-c1nc(N)nc(Nc2ccc(OC(F)F)cc2)n1.Nc1nc(Nc2ccc(C(F)(F)F)c(F)c2)nc(-c2c(C(F)(F)F)nc3ccccn23)n1.Nc1nc(Nc2ccc(OC(F)F)cc2)nc(-c2c(C(F)(F)F)nc3ccccn23)n1. The Labute approximate surface area is 680 Å². The second kappa shape index (κ2) is 35.6. The number of hydrogen-bond acceptors (Lipinski definition) is 27. The van der Waals surface area contributed by atoms with Gasteiger partial charge in [-0.2, -0.15) is 126 Å². The third kappa shape index (κ3) is 20.0. The van der Waals surface area contributed by atoms with Gasteiger partial charge in [0.25, 0.3) is 0 Å². The van der Waals surface area contributed by atoms with E-state index in [0.29, 0.717) is 59.0 Å². The molecule has 0 aliphatic rings. The number of fused-ring (bicyclic) bond motifs is 4. The summed E-state index contributed by atoms with van der Waals surface area (Å²) in [5, 5.41) is 10.8. The zero-order valence-electron chi connectivity index (χ0n) is 62.5. The van der Waals surface area contributed by atoms with Gasteiger partial charge in [0.2, 0.25) is 59.5 Å². The van der Waals surface area contributed by atoms with Crippen LogP contribution in [-0.2, 0) is 31.4 Å². The van der Waals surface area contributed by atoms with E-state index in [4.69, 9.17) is 22.9 Å². The number of nitrogens with two attached hydrogens (primary N) is 4. The van der Waals surface area contributed by atoms with Gasteiger partial charge in [0, 0.05) is 54.1 Å². The van der Waals surface area contributed by atoms with Crippen molar-refractivity contribution < 1.29 is 97.6 Å². The maximum atomic E-state index is 14.2. The molecule has 10 heterocycles. The van der Waals surface area contributed by atoms with Crippen LogP contribution >= 0.6 is 0 Å². The van der Waals surface area contributed by atoms with Gasteiger partial charge >= 0.3 is 38.4 Å². The molecule has 0 saturated heterocycles. The molecule has 0 bridgehead atoms. The second-order valence-electron chi connectivity index (χ2n) is 25.0. The lowest BCUT2D eigenvalue weighted by atomic mass is 10.2. The fourth-order valence-corrected chi connectivity index (χ4v) is 11.7. The van der Waals surface area contributed by atoms with E-state index in [2.05, 4.69) is 115 Å². The third-order valence-electron chi connectivity index (χ3n) is 16.7. The number of imidazole rings is 4. The monoisotopic (exact) mass is 1740 g/mol. The van der Waals surface area contributed by atoms with Crippen LogP contribution in [0.1, 0.15) is 42.4 Å². The molecule has 16 aromatic rings. The maximum absolute atomic E-state index is 14.2. The minimum atomic E-state index is -4.90. The summed E-state index contributed by atoms with van der Waals surface area (Å²) < 4.78 is 268. The fourth-order valence-electron chi connectivity index (χ4n) is 11.7. The Kier molecular flexibility index (Phi) is 24.7. The molecule has 0 radical (unpaired) electrons. The predicted molar refractivity (Wildman–Crippen MR) is 407 cm³/mol. The minimum Gasteiger partial charge on any atom is -0.435 e. The highest BCUT2D eigenvalue weighted by Crippen LogP contribution is 2.40. The topological polar surface area (TPSA) is 405 Å². The Bertz CT molecular complexity index is 6550. The lowest BCUT2D eigenvalue weighted by molar-refractivity contribution is -0.141. The van der Waals surface area contributed by atoms with Crippen LogP contribution in [0.15, 0.2) is 170 Å². The molecule has 0 amide bonds. The van der Waals surface area contributed by atoms with Crippen molar-refractivity contribution in [1.82, 2.24) is 97.7 Å². The van der Waals surface area contributed by atoms with E-state index in [1.54, 1.807) is 33.4 Å². The number of nitrogens with one attached hydrogen (secondary N) is 4. The van der Waals surface area contributed by atoms with Crippen LogP contribution in [0.5, 0.6) is 17.2 Å². The lowest BCUT2D eigenvalue weighted by Gasteiger charge is -2.11. The van der Waals surface area contributed by atoms with Crippen LogP contribution in [-0.4, -0.2) is 118 Å². The second-order valence-corrected chi connectivity index (χ2v) is 25.0. The summed E-state index contributed by atoms with van der Waals surface area (Å²) in [7, 11) is 0. The summed E-state index contributed by atoms with van der Waals surface area (Å²) >= 11 is 0. The smallest absolute Gasteiger partial charge is 0.435 e. The molecule has 124 heavy (non-hydrogen) atoms. The van der Waals surface area contributed by atoms with Crippen LogP contribution in [0, 0.1) is 23.3 Å². The van der Waals surface area contributed by atoms with Gasteiger partial charge in [-0.1, -0.05) is 38.1 Å². The highest BCUT2D eigenvalue weighted by atomic mass is 19.4. The molecule has 640 valence electrons. The summed E-state index contributed by atoms with van der Waals surface area (Å²) in [6.45, 7) is -5.31. The van der Waals surface area contributed by atoms with Gasteiger partial charge in [0.15, 0.2) is 46.2 Å². The maximum Gasteiger partial charge on any atom is 0.435 e. The van der Waals surface area contributed by atoms with Crippen LogP contribution < -0.4 is 58.4 Å². The molecule has 0 fully saturated rings. The quantitative estimate of drug-likeness (QED) is 0.0329. The van der Waals surface area contributed by atoms with Crippen molar-refractivity contribution in [3.8, 4) is 52.2 Å². The van der Waals surface area contributed by atoms with E-state index >= 15 is 0 Å². The molecule has 16 rings (SSSR count). The Morgan fingerprint density at radius 1 is 0.355 bits per heavy atom. The molecule has 12 N–H and O–H groups in total. The van der Waals surface area contributed by atoms with Gasteiger partial charge in [0.05, 0.1) is 16.6 Å². The number of aryl methyl sites for hydroxylation is 2. The standard InChI is InChI=1S/C19H15F4N7O.C19H16F3N7O.C18H10F7N7.C18H12F5N7O/c1-2-14-26-15-10(20)4-3-5-12(15)30(14)19-28-17(24)27-18(29-19)25-9-6-7-13(11(21)8-9)31-16(22)23;1-2-14-25-15-12(20)4-3-5-13(15)29(14)19-27-17(23)26-18(28-19)24-10-6-8-11(9-7-10)30-16(21)22;19-10-7-8(4-5-9(10)17(20,21)22)27-16-30-14(29-15(26)31-16)12-13(18(23,24)25)28-11-3-1-2-6-32(11)12;19-15(20)31-10-6-4-9(5-7-10)25-17-28-14(27-16(24)29-17)12-13(18(21,22)23)26-11-3-1-2-8-30(11)12/h3-8,16H,2H2,1H3,(H3,24,25,27,28,29);3-9,16H,2H2,1H3,(H3,23,24,26,27,28);1-7H,(H3,26,27,29,30,31);1-8,15H,(H3,24,25,27,28,29). The molecule has 0 saturated carbocycles. The minimum absolute atomic E-state index is 0.0194. The van der Waals surface area contributed by atoms with Crippen molar-refractivity contribution in [3.63, 3.8) is 0 Å². The molecular formula is C74H53F19N28O3. The number of alkyl halides is 15. The molecule has 0 aliphatic carbocycles. The first kappa shape index (κ1) is 86.0. The fraction of sp³-hybridized carbons (Fsp3) is 0.135. The highest BCUT2D eigenvalue weighted by molar-refractivity contribution is 5.80. The average Bonchev–Trinajstić information content (AvgIpc) is 1.60. The molecular weight excluding hydrogens is 1690 g/mol. The first-order valence-electron chi connectivity index (χ1n) is 35.2. The van der Waals surface area contributed by atoms with E-state index in [-0.39, 0.29) is 98.6 Å². The van der Waals surface area contributed by atoms with E-state index in [0.717, 1.165) is 22.6 Å². The number of anilines is 12. The van der Waals surface area contributed by atoms with Gasteiger partial charge in [-0.05, 0) is 127 Å². The van der Waals surface area contributed by atoms with Crippen LogP contribution in [0.2, 0.25) is 0 Å². The molecule has 0 spiro atoms. The van der Waals surface area contributed by atoms with Gasteiger partial charge in [-0.15, -0.1) is 0 Å². The number of pyridine rings is 2. The van der Waals surface area contributed by atoms with E-state index in [1.807, 2.05) is 13.8 Å². The number of para-hydroxylation sites is 2. The molecule has 0 aliphatic heterocycles. The normalized spacial score (nSPS) is 11.7. The van der Waals surface area contributed by atoms with Crippen LogP contribution in [0.25, 0.3) is 68.3 Å². The number of rotatable bonds is 20. The van der Waals surface area contributed by atoms with Crippen molar-refractivity contribution in [3.05, 3.63) is 222 Å². The van der Waals surface area contributed by atoms with Gasteiger partial charge in [-0.3, -0.25) is 17.9 Å². The average molecular weight is 1740 g/mol. The van der Waals surface area contributed by atoms with Gasteiger partial charge in [-0.25, -0.2) is 37.5 Å². The summed E-state index contributed by atoms with van der Waals surface area (Å²) in [6, 6.07) is 34.2. The van der Waals surface area contributed by atoms with Crippen molar-refractivity contribution in [2.45, 2.75) is 65.1 Å². The highest BCUT2D eigenvalue weighted by Gasteiger charge is 2.41. The Hall–Kier alpha value is -15.9. The lowest BCUT2D eigenvalue weighted by Crippen LogP contribution is -2.11. The van der Waals surface area contributed by atoms with Crippen molar-refractivity contribution in [2.24, 2.45) is 0 Å². The summed E-state index contributed by atoms with van der Waals surface area (Å²) in [6.07, 6.45) is -10.9. The molecule has 6 aromatic carbocycles. The number of nitrogens with zero attached hydrogens (tertiary/aromatic N) is 20. The first-order chi connectivity index (χ1) is 58.9. The van der Waals surface area contributed by atoms with E-state index < -0.39 is 113 Å². The van der Waals surface area contributed by atoms with Gasteiger partial charge in [0.1, 0.15) is 62.7 Å². The van der Waals surface area contributed by atoms with Crippen LogP contribution in [0.4, 0.5) is 154 Å². The van der Waals surface area contributed by atoms with Crippen molar-refractivity contribution in [1.29, 1.82) is 0 Å². The number of benzene rings is 6. The number of hydrogen-bond donors (Lipinski definition) is 8. The van der Waals surface area contributed by atoms with E-state index in [9.17, 15) is 83.4 Å². The summed E-state index contributed by atoms with van der Waals surface area (Å²) in [5.41, 5.74) is 20.2. The summed E-state index contributed by atoms with van der Waals surface area (Å²) in [5.74, 6) is -5.19. The number of aromatic nitrogens is 20. The largest absolute Gasteiger partial charge is 0.435 e. The third-order valence-corrected chi connectivity index (χ3v) is 16.7. The zero-order valence-corrected chi connectivity index (χ0v) is 62.5. The molecule has 10 aromatic heterocycles. The predicted octanol–water partition coefficient (Wildman–Crippen LogP) is 16.6. The Balaban J connectivity index is 0.000000142. The van der Waals surface area contributed by atoms with Crippen LogP contribution in [0.3, 0.4) is 0 Å². The molecule has 0 atom stereocenters. The van der Waals surface area contributed by atoms with Crippen molar-refractivity contribution in [2.75, 3.05) is 44.2 Å². The Morgan fingerprint density at radius 3 is 1.10 bits per heavy atom. The number of nitrogen functional groups attached to an aromatic ring is 4. The molecule has 50 heteroatoms. The zero-order chi connectivity index (χ0) is 88.8. The van der Waals surface area contributed by atoms with Crippen molar-refractivity contribution >= 4 is 104 Å². The first-order valence-corrected chi connectivity index (χ1v) is 35.2. The summed E-state index contributed by atoms with van der Waals surface area (Å²) in [4.78, 5) is 63.8. The van der Waals surface area contributed by atoms with Gasteiger partial charge < -0.3 is 58.4 Å². The number of halogens is 19. The molecule has 0 unspecified atom stereocenters. The number of ether oxygens (including phenoxy) is 3. The molecule has 31 nitrogen and oxygen atoms in total. The van der Waals surface area contributed by atoms with E-state index in [1.165, 1.54) is 120 Å². The Morgan fingerprint density at radius 2 is 0.726 bits per heavy atom.